The SMILES string of the molecule is CC(=O)N(C(C)C)C(C)(Cc1ccc(F)cc1)C(=O)O. The summed E-state index contributed by atoms with van der Waals surface area (Å²) in [6.45, 7) is 6.41. The van der Waals surface area contributed by atoms with Gasteiger partial charge in [0.05, 0.1) is 0 Å². The van der Waals surface area contributed by atoms with Crippen molar-refractivity contribution in [2.75, 3.05) is 0 Å². The summed E-state index contributed by atoms with van der Waals surface area (Å²) in [7, 11) is 0. The molecule has 0 aliphatic carbocycles. The number of benzene rings is 1. The zero-order chi connectivity index (χ0) is 15.5. The Labute approximate surface area is 118 Å². The van der Waals surface area contributed by atoms with E-state index in [2.05, 4.69) is 0 Å². The van der Waals surface area contributed by atoms with Gasteiger partial charge in [-0.1, -0.05) is 12.1 Å². The van der Waals surface area contributed by atoms with Gasteiger partial charge in [0.25, 0.3) is 0 Å². The van der Waals surface area contributed by atoms with Crippen LogP contribution in [-0.2, 0) is 16.0 Å². The van der Waals surface area contributed by atoms with Crippen LogP contribution in [0.4, 0.5) is 4.39 Å². The lowest BCUT2D eigenvalue weighted by atomic mass is 9.89. The van der Waals surface area contributed by atoms with E-state index in [0.717, 1.165) is 0 Å². The molecule has 0 fully saturated rings. The van der Waals surface area contributed by atoms with Gasteiger partial charge < -0.3 is 10.0 Å². The molecule has 1 aromatic rings. The van der Waals surface area contributed by atoms with Crippen molar-refractivity contribution in [3.05, 3.63) is 35.6 Å². The average molecular weight is 281 g/mol. The molecule has 0 aliphatic heterocycles. The minimum absolute atomic E-state index is 0.125. The number of hydrogen-bond donors (Lipinski definition) is 1. The third-order valence-electron chi connectivity index (χ3n) is 3.31. The van der Waals surface area contributed by atoms with E-state index in [1.807, 2.05) is 0 Å². The summed E-state index contributed by atoms with van der Waals surface area (Å²) in [4.78, 5) is 24.8. The van der Waals surface area contributed by atoms with Crippen molar-refractivity contribution in [1.29, 1.82) is 0 Å². The van der Waals surface area contributed by atoms with Crippen LogP contribution < -0.4 is 0 Å². The van der Waals surface area contributed by atoms with Gasteiger partial charge >= 0.3 is 5.97 Å². The molecular formula is C15H20FNO3. The van der Waals surface area contributed by atoms with E-state index in [0.29, 0.717) is 5.56 Å². The largest absolute Gasteiger partial charge is 0.479 e. The maximum Gasteiger partial charge on any atom is 0.329 e. The number of carbonyl (C=O) groups excluding carboxylic acids is 1. The van der Waals surface area contributed by atoms with E-state index in [9.17, 15) is 19.1 Å². The quantitative estimate of drug-likeness (QED) is 0.902. The number of carboxylic acid groups (broad SMARTS) is 1. The molecule has 0 spiro atoms. The number of carbonyl (C=O) groups is 2. The molecular weight excluding hydrogens is 261 g/mol. The molecule has 5 heteroatoms. The predicted octanol–water partition coefficient (Wildman–Crippen LogP) is 2.47. The smallest absolute Gasteiger partial charge is 0.329 e. The number of carboxylic acids is 1. The lowest BCUT2D eigenvalue weighted by molar-refractivity contribution is -0.159. The Morgan fingerprint density at radius 1 is 1.30 bits per heavy atom. The minimum Gasteiger partial charge on any atom is -0.479 e. The van der Waals surface area contributed by atoms with Gasteiger partial charge in [0, 0.05) is 19.4 Å². The molecule has 0 heterocycles. The van der Waals surface area contributed by atoms with Crippen molar-refractivity contribution < 1.29 is 19.1 Å². The second kappa shape index (κ2) is 6.03. The molecule has 0 aromatic heterocycles. The number of halogens is 1. The Morgan fingerprint density at radius 3 is 2.15 bits per heavy atom. The van der Waals surface area contributed by atoms with E-state index >= 15 is 0 Å². The molecule has 0 radical (unpaired) electrons. The van der Waals surface area contributed by atoms with Crippen LogP contribution in [0.25, 0.3) is 0 Å². The molecule has 0 saturated carbocycles. The molecule has 1 N–H and O–H groups in total. The van der Waals surface area contributed by atoms with E-state index in [1.165, 1.54) is 43.0 Å². The Balaban J connectivity index is 3.17. The summed E-state index contributed by atoms with van der Waals surface area (Å²) < 4.78 is 12.9. The van der Waals surface area contributed by atoms with Crippen LogP contribution in [0.1, 0.15) is 33.3 Å². The van der Waals surface area contributed by atoms with E-state index < -0.39 is 11.5 Å². The molecule has 1 rings (SSSR count). The van der Waals surface area contributed by atoms with Gasteiger partial charge in [0.1, 0.15) is 11.4 Å². The van der Waals surface area contributed by atoms with Gasteiger partial charge in [0.2, 0.25) is 5.91 Å². The zero-order valence-corrected chi connectivity index (χ0v) is 12.2. The standard InChI is InChI=1S/C15H20FNO3/c1-10(2)17(11(3)18)15(4,14(19)20)9-12-5-7-13(16)8-6-12/h5-8,10H,9H2,1-4H3,(H,19,20). The van der Waals surface area contributed by atoms with E-state index in [1.54, 1.807) is 13.8 Å². The van der Waals surface area contributed by atoms with Crippen molar-refractivity contribution in [2.45, 2.75) is 45.7 Å². The summed E-state index contributed by atoms with van der Waals surface area (Å²) in [6.07, 6.45) is 0.125. The van der Waals surface area contributed by atoms with Crippen LogP contribution in [0, 0.1) is 5.82 Å². The molecule has 4 nitrogen and oxygen atoms in total. The maximum absolute atomic E-state index is 12.9. The second-order valence-corrected chi connectivity index (χ2v) is 5.37. The van der Waals surface area contributed by atoms with Gasteiger partial charge in [-0.2, -0.15) is 0 Å². The highest BCUT2D eigenvalue weighted by molar-refractivity contribution is 5.86. The van der Waals surface area contributed by atoms with Crippen LogP contribution in [0.5, 0.6) is 0 Å². The van der Waals surface area contributed by atoms with Crippen molar-refractivity contribution >= 4 is 11.9 Å². The average Bonchev–Trinajstić information content (AvgIpc) is 2.30. The van der Waals surface area contributed by atoms with E-state index in [4.69, 9.17) is 0 Å². The van der Waals surface area contributed by atoms with Gasteiger partial charge in [-0.3, -0.25) is 4.79 Å². The number of rotatable bonds is 5. The summed E-state index contributed by atoms with van der Waals surface area (Å²) in [6, 6.07) is 5.40. The summed E-state index contributed by atoms with van der Waals surface area (Å²) in [5.41, 5.74) is -0.694. The molecule has 0 bridgehead atoms. The second-order valence-electron chi connectivity index (χ2n) is 5.37. The Bertz CT molecular complexity index is 498. The van der Waals surface area contributed by atoms with Gasteiger partial charge in [-0.05, 0) is 38.5 Å². The van der Waals surface area contributed by atoms with Crippen molar-refractivity contribution in [3.8, 4) is 0 Å². The fourth-order valence-electron chi connectivity index (χ4n) is 2.54. The summed E-state index contributed by atoms with van der Waals surface area (Å²) in [5, 5.41) is 9.55. The lowest BCUT2D eigenvalue weighted by Crippen LogP contribution is -2.58. The molecule has 1 unspecified atom stereocenters. The number of hydrogen-bond acceptors (Lipinski definition) is 2. The maximum atomic E-state index is 12.9. The Morgan fingerprint density at radius 2 is 1.80 bits per heavy atom. The fourth-order valence-corrected chi connectivity index (χ4v) is 2.54. The summed E-state index contributed by atoms with van der Waals surface area (Å²) >= 11 is 0. The highest BCUT2D eigenvalue weighted by Crippen LogP contribution is 2.24. The summed E-state index contributed by atoms with van der Waals surface area (Å²) in [5.74, 6) is -1.75. The van der Waals surface area contributed by atoms with Crippen LogP contribution in [-0.4, -0.2) is 33.5 Å². The van der Waals surface area contributed by atoms with Crippen LogP contribution in [0.2, 0.25) is 0 Å². The third-order valence-corrected chi connectivity index (χ3v) is 3.31. The third kappa shape index (κ3) is 3.35. The molecule has 20 heavy (non-hydrogen) atoms. The molecule has 0 saturated heterocycles. The van der Waals surface area contributed by atoms with Crippen molar-refractivity contribution in [2.24, 2.45) is 0 Å². The van der Waals surface area contributed by atoms with Gasteiger partial charge in [0.15, 0.2) is 0 Å². The predicted molar refractivity (Wildman–Crippen MR) is 73.8 cm³/mol. The van der Waals surface area contributed by atoms with Gasteiger partial charge in [-0.15, -0.1) is 0 Å². The topological polar surface area (TPSA) is 57.6 Å². The number of nitrogens with zero attached hydrogens (tertiary/aromatic N) is 1. The normalized spacial score (nSPS) is 13.9. The van der Waals surface area contributed by atoms with Crippen LogP contribution >= 0.6 is 0 Å². The van der Waals surface area contributed by atoms with E-state index in [-0.39, 0.29) is 24.2 Å². The molecule has 1 amide bonds. The molecule has 0 aliphatic rings. The van der Waals surface area contributed by atoms with Crippen LogP contribution in [0.15, 0.2) is 24.3 Å². The van der Waals surface area contributed by atoms with Gasteiger partial charge in [-0.25, -0.2) is 9.18 Å². The molecule has 1 aromatic carbocycles. The monoisotopic (exact) mass is 281 g/mol. The number of aliphatic carboxylic acids is 1. The zero-order valence-electron chi connectivity index (χ0n) is 12.2. The van der Waals surface area contributed by atoms with Crippen LogP contribution in [0.3, 0.4) is 0 Å². The lowest BCUT2D eigenvalue weighted by Gasteiger charge is -2.40. The first-order valence-corrected chi connectivity index (χ1v) is 6.46. The minimum atomic E-state index is -1.36. The molecule has 1 atom stereocenters. The first-order chi connectivity index (χ1) is 9.18. The van der Waals surface area contributed by atoms with Crippen molar-refractivity contribution in [3.63, 3.8) is 0 Å². The molecule has 110 valence electrons. The highest BCUT2D eigenvalue weighted by Gasteiger charge is 2.42. The van der Waals surface area contributed by atoms with Crippen molar-refractivity contribution in [1.82, 2.24) is 4.90 Å². The first-order valence-electron chi connectivity index (χ1n) is 6.46. The first kappa shape index (κ1) is 16.1. The Hall–Kier alpha value is -1.91. The Kier molecular flexibility index (Phi) is 4.87. The fraction of sp³-hybridized carbons (Fsp3) is 0.467. The highest BCUT2D eigenvalue weighted by atomic mass is 19.1. The number of amides is 1.